The molecule has 3 aliphatic carbocycles. The SMILES string of the molecule is CC1CCC(C23C=CC(CC2C(C)C)C3)CC1. The third-order valence-electron chi connectivity index (χ3n) is 6.12. The smallest absolute Gasteiger partial charge is 0.00534 e. The van der Waals surface area contributed by atoms with Crippen LogP contribution in [0.5, 0.6) is 0 Å². The van der Waals surface area contributed by atoms with Gasteiger partial charge in [0.1, 0.15) is 0 Å². The number of hydrogen-bond donors (Lipinski definition) is 0. The Morgan fingerprint density at radius 3 is 2.41 bits per heavy atom. The Bertz CT molecular complexity index is 306. The molecule has 0 saturated heterocycles. The van der Waals surface area contributed by atoms with Crippen LogP contribution in [0, 0.1) is 35.0 Å². The first-order chi connectivity index (χ1) is 8.12. The van der Waals surface area contributed by atoms with Gasteiger partial charge in [-0.2, -0.15) is 0 Å². The third kappa shape index (κ3) is 1.79. The van der Waals surface area contributed by atoms with Crippen LogP contribution >= 0.6 is 0 Å². The first-order valence-corrected chi connectivity index (χ1v) is 7.81. The van der Waals surface area contributed by atoms with E-state index in [1.165, 1.54) is 38.5 Å². The molecule has 0 spiro atoms. The highest BCUT2D eigenvalue weighted by molar-refractivity contribution is 5.21. The van der Waals surface area contributed by atoms with Crippen molar-refractivity contribution in [3.63, 3.8) is 0 Å². The van der Waals surface area contributed by atoms with Gasteiger partial charge in [-0.3, -0.25) is 0 Å². The van der Waals surface area contributed by atoms with Crippen molar-refractivity contribution in [3.8, 4) is 0 Å². The average molecular weight is 232 g/mol. The lowest BCUT2D eigenvalue weighted by molar-refractivity contribution is 0.0839. The summed E-state index contributed by atoms with van der Waals surface area (Å²) in [5.74, 6) is 4.79. The molecule has 2 fully saturated rings. The lowest BCUT2D eigenvalue weighted by Gasteiger charge is -2.44. The summed E-state index contributed by atoms with van der Waals surface area (Å²) in [5, 5.41) is 0. The zero-order chi connectivity index (χ0) is 12.0. The summed E-state index contributed by atoms with van der Waals surface area (Å²) >= 11 is 0. The predicted molar refractivity (Wildman–Crippen MR) is 73.7 cm³/mol. The average Bonchev–Trinajstić information content (AvgIpc) is 2.88. The highest BCUT2D eigenvalue weighted by Crippen LogP contribution is 2.62. The van der Waals surface area contributed by atoms with Gasteiger partial charge in [-0.1, -0.05) is 45.8 Å². The van der Waals surface area contributed by atoms with Gasteiger partial charge in [-0.05, 0) is 60.7 Å². The molecule has 0 radical (unpaired) electrons. The van der Waals surface area contributed by atoms with Gasteiger partial charge in [-0.25, -0.2) is 0 Å². The molecule has 96 valence electrons. The quantitative estimate of drug-likeness (QED) is 0.584. The molecular weight excluding hydrogens is 204 g/mol. The fourth-order valence-corrected chi connectivity index (χ4v) is 5.18. The molecule has 17 heavy (non-hydrogen) atoms. The van der Waals surface area contributed by atoms with Crippen molar-refractivity contribution in [2.75, 3.05) is 0 Å². The minimum Gasteiger partial charge on any atom is -0.0848 e. The zero-order valence-corrected chi connectivity index (χ0v) is 11.8. The summed E-state index contributed by atoms with van der Waals surface area (Å²) in [4.78, 5) is 0. The predicted octanol–water partition coefficient (Wildman–Crippen LogP) is 5.05. The van der Waals surface area contributed by atoms with Crippen molar-refractivity contribution in [1.82, 2.24) is 0 Å². The summed E-state index contributed by atoms with van der Waals surface area (Å²) in [6.07, 6.45) is 14.2. The lowest BCUT2D eigenvalue weighted by Crippen LogP contribution is -2.36. The van der Waals surface area contributed by atoms with E-state index in [0.717, 1.165) is 29.6 Å². The maximum atomic E-state index is 2.66. The topological polar surface area (TPSA) is 0 Å². The Labute approximate surface area is 107 Å². The minimum absolute atomic E-state index is 0.624. The molecule has 0 aliphatic heterocycles. The molecule has 0 heterocycles. The first kappa shape index (κ1) is 11.8. The van der Waals surface area contributed by atoms with E-state index < -0.39 is 0 Å². The molecule has 0 aromatic rings. The van der Waals surface area contributed by atoms with E-state index in [1.54, 1.807) is 0 Å². The molecule has 0 nitrogen and oxygen atoms in total. The number of rotatable bonds is 2. The Morgan fingerprint density at radius 1 is 1.12 bits per heavy atom. The fourth-order valence-electron chi connectivity index (χ4n) is 5.18. The summed E-state index contributed by atoms with van der Waals surface area (Å²) < 4.78 is 0. The summed E-state index contributed by atoms with van der Waals surface area (Å²) in [5.41, 5.74) is 0.624. The van der Waals surface area contributed by atoms with Gasteiger partial charge in [0, 0.05) is 0 Å². The standard InChI is InChI=1S/C17H28/c1-12(2)16-10-14-8-9-17(16,11-14)15-6-4-13(3)5-7-15/h8-9,12-16H,4-7,10-11H2,1-3H3. The normalized spacial score (nSPS) is 49.2. The van der Waals surface area contributed by atoms with Gasteiger partial charge >= 0.3 is 0 Å². The molecule has 3 rings (SSSR count). The fraction of sp³-hybridized carbons (Fsp3) is 0.882. The minimum atomic E-state index is 0.624. The highest BCUT2D eigenvalue weighted by atomic mass is 14.6. The van der Waals surface area contributed by atoms with Gasteiger partial charge in [0.05, 0.1) is 0 Å². The van der Waals surface area contributed by atoms with Crippen LogP contribution in [0.25, 0.3) is 0 Å². The second-order valence-electron chi connectivity index (χ2n) is 7.48. The van der Waals surface area contributed by atoms with Gasteiger partial charge in [0.25, 0.3) is 0 Å². The maximum absolute atomic E-state index is 2.66. The Morgan fingerprint density at radius 2 is 1.82 bits per heavy atom. The summed E-state index contributed by atoms with van der Waals surface area (Å²) in [6, 6.07) is 0. The van der Waals surface area contributed by atoms with Crippen LogP contribution in [0.3, 0.4) is 0 Å². The third-order valence-corrected chi connectivity index (χ3v) is 6.12. The van der Waals surface area contributed by atoms with Crippen molar-refractivity contribution in [3.05, 3.63) is 12.2 Å². The summed E-state index contributed by atoms with van der Waals surface area (Å²) in [6.45, 7) is 7.34. The van der Waals surface area contributed by atoms with E-state index in [2.05, 4.69) is 32.9 Å². The van der Waals surface area contributed by atoms with Crippen LogP contribution in [0.1, 0.15) is 59.3 Å². The molecule has 0 aromatic carbocycles. The molecular formula is C17H28. The van der Waals surface area contributed by atoms with Crippen molar-refractivity contribution in [2.45, 2.75) is 59.3 Å². The number of fused-ring (bicyclic) bond motifs is 2. The molecule has 3 aliphatic rings. The van der Waals surface area contributed by atoms with Gasteiger partial charge in [-0.15, -0.1) is 0 Å². The van der Waals surface area contributed by atoms with Crippen LogP contribution in [0.2, 0.25) is 0 Å². The van der Waals surface area contributed by atoms with E-state index in [-0.39, 0.29) is 0 Å². The zero-order valence-electron chi connectivity index (χ0n) is 11.8. The number of allylic oxidation sites excluding steroid dienone is 2. The molecule has 2 saturated carbocycles. The van der Waals surface area contributed by atoms with Gasteiger partial charge < -0.3 is 0 Å². The van der Waals surface area contributed by atoms with Crippen LogP contribution < -0.4 is 0 Å². The summed E-state index contributed by atoms with van der Waals surface area (Å²) in [7, 11) is 0. The number of hydrogen-bond acceptors (Lipinski definition) is 0. The van der Waals surface area contributed by atoms with Crippen LogP contribution in [-0.2, 0) is 0 Å². The molecule has 3 unspecified atom stereocenters. The van der Waals surface area contributed by atoms with Crippen LogP contribution in [0.15, 0.2) is 12.2 Å². The van der Waals surface area contributed by atoms with E-state index in [4.69, 9.17) is 0 Å². The monoisotopic (exact) mass is 232 g/mol. The van der Waals surface area contributed by atoms with E-state index in [0.29, 0.717) is 5.41 Å². The van der Waals surface area contributed by atoms with Crippen molar-refractivity contribution in [2.24, 2.45) is 35.0 Å². The van der Waals surface area contributed by atoms with E-state index >= 15 is 0 Å². The maximum Gasteiger partial charge on any atom is -0.00534 e. The van der Waals surface area contributed by atoms with Crippen molar-refractivity contribution < 1.29 is 0 Å². The van der Waals surface area contributed by atoms with Crippen LogP contribution in [-0.4, -0.2) is 0 Å². The Balaban J connectivity index is 1.81. The Hall–Kier alpha value is -0.260. The second kappa shape index (κ2) is 4.14. The second-order valence-corrected chi connectivity index (χ2v) is 7.48. The van der Waals surface area contributed by atoms with Crippen molar-refractivity contribution >= 4 is 0 Å². The van der Waals surface area contributed by atoms with Gasteiger partial charge in [0.2, 0.25) is 0 Å². The molecule has 2 bridgehead atoms. The van der Waals surface area contributed by atoms with E-state index in [9.17, 15) is 0 Å². The molecule has 0 aromatic heterocycles. The van der Waals surface area contributed by atoms with Gasteiger partial charge in [0.15, 0.2) is 0 Å². The largest absolute Gasteiger partial charge is 0.0848 e. The van der Waals surface area contributed by atoms with Crippen molar-refractivity contribution in [1.29, 1.82) is 0 Å². The molecule has 0 amide bonds. The molecule has 0 heteroatoms. The molecule has 3 atom stereocenters. The highest BCUT2D eigenvalue weighted by Gasteiger charge is 2.53. The Kier molecular flexibility index (Phi) is 2.88. The first-order valence-electron chi connectivity index (χ1n) is 7.81. The lowest BCUT2D eigenvalue weighted by atomic mass is 9.60. The van der Waals surface area contributed by atoms with Crippen LogP contribution in [0.4, 0.5) is 0 Å². The molecule has 0 N–H and O–H groups in total. The van der Waals surface area contributed by atoms with E-state index in [1.807, 2.05) is 0 Å².